The SMILES string of the molecule is C=CCOc1ccccc1C=c1sc2nc(=O)c(Cc3ccccc3)c(C)n2c1=O. The summed E-state index contributed by atoms with van der Waals surface area (Å²) in [5, 5.41) is 0. The van der Waals surface area contributed by atoms with E-state index in [9.17, 15) is 9.59 Å². The minimum atomic E-state index is -0.293. The zero-order valence-electron chi connectivity index (χ0n) is 16.5. The molecule has 2 aromatic heterocycles. The average Bonchev–Trinajstić information content (AvgIpc) is 3.06. The molecule has 5 nitrogen and oxygen atoms in total. The Kier molecular flexibility index (Phi) is 5.59. The number of hydrogen-bond acceptors (Lipinski definition) is 5. The number of thiazole rings is 1. The van der Waals surface area contributed by atoms with Crippen molar-refractivity contribution in [2.75, 3.05) is 6.61 Å². The van der Waals surface area contributed by atoms with Crippen LogP contribution in [-0.4, -0.2) is 16.0 Å². The van der Waals surface area contributed by atoms with Gasteiger partial charge < -0.3 is 4.74 Å². The molecule has 2 aromatic carbocycles. The minimum absolute atomic E-state index is 0.187. The van der Waals surface area contributed by atoms with Crippen molar-refractivity contribution in [1.29, 1.82) is 0 Å². The number of ether oxygens (including phenoxy) is 1. The maximum atomic E-state index is 13.1. The molecule has 0 unspecified atom stereocenters. The van der Waals surface area contributed by atoms with Gasteiger partial charge in [-0.3, -0.25) is 14.0 Å². The van der Waals surface area contributed by atoms with Crippen molar-refractivity contribution in [3.05, 3.63) is 115 Å². The summed E-state index contributed by atoms with van der Waals surface area (Å²) >= 11 is 1.20. The largest absolute Gasteiger partial charge is 0.489 e. The van der Waals surface area contributed by atoms with Gasteiger partial charge in [-0.05, 0) is 24.6 Å². The van der Waals surface area contributed by atoms with E-state index >= 15 is 0 Å². The van der Waals surface area contributed by atoms with Crippen LogP contribution in [0.25, 0.3) is 11.0 Å². The Bertz CT molecular complexity index is 1390. The van der Waals surface area contributed by atoms with Crippen LogP contribution in [0.3, 0.4) is 0 Å². The van der Waals surface area contributed by atoms with E-state index in [2.05, 4.69) is 11.6 Å². The van der Waals surface area contributed by atoms with Gasteiger partial charge in [0.1, 0.15) is 12.4 Å². The summed E-state index contributed by atoms with van der Waals surface area (Å²) in [6.07, 6.45) is 3.89. The Morgan fingerprint density at radius 2 is 1.83 bits per heavy atom. The van der Waals surface area contributed by atoms with Gasteiger partial charge in [-0.1, -0.05) is 72.5 Å². The second-order valence-electron chi connectivity index (χ2n) is 6.81. The first-order chi connectivity index (χ1) is 14.6. The van der Waals surface area contributed by atoms with Crippen LogP contribution in [0.5, 0.6) is 5.75 Å². The molecule has 0 aliphatic rings. The van der Waals surface area contributed by atoms with Crippen molar-refractivity contribution in [2.24, 2.45) is 0 Å². The highest BCUT2D eigenvalue weighted by molar-refractivity contribution is 7.15. The topological polar surface area (TPSA) is 60.7 Å². The highest BCUT2D eigenvalue weighted by Gasteiger charge is 2.15. The molecule has 150 valence electrons. The number of rotatable bonds is 6. The molecule has 0 amide bonds. The molecular formula is C24H20N2O3S. The van der Waals surface area contributed by atoms with Gasteiger partial charge in [-0.25, -0.2) is 0 Å². The molecule has 0 N–H and O–H groups in total. The van der Waals surface area contributed by atoms with Gasteiger partial charge in [0.2, 0.25) is 4.96 Å². The maximum absolute atomic E-state index is 13.1. The number of para-hydroxylation sites is 1. The molecule has 0 bridgehead atoms. The lowest BCUT2D eigenvalue weighted by Crippen LogP contribution is -2.27. The average molecular weight is 417 g/mol. The summed E-state index contributed by atoms with van der Waals surface area (Å²) in [6, 6.07) is 17.2. The van der Waals surface area contributed by atoms with Gasteiger partial charge in [0.05, 0.1) is 4.53 Å². The first-order valence-electron chi connectivity index (χ1n) is 9.52. The minimum Gasteiger partial charge on any atom is -0.489 e. The second-order valence-corrected chi connectivity index (χ2v) is 7.82. The van der Waals surface area contributed by atoms with Gasteiger partial charge in [0.15, 0.2) is 0 Å². The van der Waals surface area contributed by atoms with E-state index < -0.39 is 0 Å². The van der Waals surface area contributed by atoms with Gasteiger partial charge in [0, 0.05) is 23.2 Å². The fraction of sp³-hybridized carbons (Fsp3) is 0.125. The lowest BCUT2D eigenvalue weighted by molar-refractivity contribution is 0.362. The van der Waals surface area contributed by atoms with Crippen LogP contribution in [0, 0.1) is 6.92 Å². The summed E-state index contributed by atoms with van der Waals surface area (Å²) in [5.74, 6) is 0.665. The predicted molar refractivity (Wildman–Crippen MR) is 121 cm³/mol. The number of nitrogens with zero attached hydrogens (tertiary/aromatic N) is 2. The van der Waals surface area contributed by atoms with Crippen LogP contribution in [0.4, 0.5) is 0 Å². The molecule has 0 aliphatic heterocycles. The third-order valence-electron chi connectivity index (χ3n) is 4.82. The van der Waals surface area contributed by atoms with Gasteiger partial charge in [0.25, 0.3) is 11.1 Å². The molecule has 0 radical (unpaired) electrons. The number of fused-ring (bicyclic) bond motifs is 1. The van der Waals surface area contributed by atoms with E-state index in [-0.39, 0.29) is 11.1 Å². The van der Waals surface area contributed by atoms with Crippen LogP contribution in [-0.2, 0) is 6.42 Å². The Labute approximate surface area is 177 Å². The van der Waals surface area contributed by atoms with Crippen molar-refractivity contribution in [3.63, 3.8) is 0 Å². The molecule has 6 heteroatoms. The third kappa shape index (κ3) is 3.82. The third-order valence-corrected chi connectivity index (χ3v) is 5.79. The Balaban J connectivity index is 1.85. The number of aromatic nitrogens is 2. The standard InChI is InChI=1S/C24H20N2O3S/c1-3-13-29-20-12-8-7-11-18(20)15-21-23(28)26-16(2)19(22(27)25-24(26)30-21)14-17-9-5-4-6-10-17/h3-12,15H,1,13-14H2,2H3. The smallest absolute Gasteiger partial charge is 0.277 e. The lowest BCUT2D eigenvalue weighted by Gasteiger charge is -2.06. The fourth-order valence-electron chi connectivity index (χ4n) is 3.31. The highest BCUT2D eigenvalue weighted by atomic mass is 32.1. The summed E-state index contributed by atoms with van der Waals surface area (Å²) < 4.78 is 7.71. The number of benzene rings is 2. The first-order valence-corrected chi connectivity index (χ1v) is 10.3. The normalized spacial score (nSPS) is 11.7. The van der Waals surface area contributed by atoms with Gasteiger partial charge >= 0.3 is 0 Å². The molecule has 0 saturated carbocycles. The van der Waals surface area contributed by atoms with E-state index in [0.717, 1.165) is 11.1 Å². The summed E-state index contributed by atoms with van der Waals surface area (Å²) in [6.45, 7) is 5.84. The first kappa shape index (κ1) is 19.8. The predicted octanol–water partition coefficient (Wildman–Crippen LogP) is 3.13. The van der Waals surface area contributed by atoms with E-state index in [1.165, 1.54) is 15.7 Å². The van der Waals surface area contributed by atoms with E-state index in [0.29, 0.717) is 39.5 Å². The quantitative estimate of drug-likeness (QED) is 0.453. The Morgan fingerprint density at radius 3 is 2.60 bits per heavy atom. The number of hydrogen-bond donors (Lipinski definition) is 0. The molecule has 30 heavy (non-hydrogen) atoms. The second kappa shape index (κ2) is 8.47. The zero-order valence-corrected chi connectivity index (χ0v) is 17.3. The van der Waals surface area contributed by atoms with Gasteiger partial charge in [-0.15, -0.1) is 0 Å². The van der Waals surface area contributed by atoms with E-state index in [1.807, 2.05) is 54.6 Å². The molecule has 0 spiro atoms. The van der Waals surface area contributed by atoms with Crippen molar-refractivity contribution in [2.45, 2.75) is 13.3 Å². The van der Waals surface area contributed by atoms with E-state index in [4.69, 9.17) is 4.74 Å². The molecule has 0 atom stereocenters. The van der Waals surface area contributed by atoms with Gasteiger partial charge in [-0.2, -0.15) is 4.98 Å². The maximum Gasteiger partial charge on any atom is 0.277 e. The summed E-state index contributed by atoms with van der Waals surface area (Å²) in [5.41, 5.74) is 2.47. The molecule has 2 heterocycles. The summed E-state index contributed by atoms with van der Waals surface area (Å²) in [4.78, 5) is 30.4. The van der Waals surface area contributed by atoms with Crippen molar-refractivity contribution in [3.8, 4) is 5.75 Å². The molecule has 4 aromatic rings. The highest BCUT2D eigenvalue weighted by Crippen LogP contribution is 2.19. The van der Waals surface area contributed by atoms with Crippen molar-refractivity contribution < 1.29 is 4.74 Å². The molecular weight excluding hydrogens is 396 g/mol. The van der Waals surface area contributed by atoms with Crippen LogP contribution < -0.4 is 20.4 Å². The van der Waals surface area contributed by atoms with Crippen LogP contribution in [0.15, 0.2) is 76.8 Å². The molecule has 4 rings (SSSR count). The summed E-state index contributed by atoms with van der Waals surface area (Å²) in [7, 11) is 0. The monoisotopic (exact) mass is 416 g/mol. The molecule has 0 fully saturated rings. The lowest BCUT2D eigenvalue weighted by atomic mass is 10.1. The van der Waals surface area contributed by atoms with Crippen molar-refractivity contribution >= 4 is 22.4 Å². The molecule has 0 aliphatic carbocycles. The zero-order chi connectivity index (χ0) is 21.1. The van der Waals surface area contributed by atoms with E-state index in [1.54, 1.807) is 19.1 Å². The number of aryl methyl sites for hydroxylation is 1. The molecule has 0 saturated heterocycles. The Morgan fingerprint density at radius 1 is 1.10 bits per heavy atom. The fourth-order valence-corrected chi connectivity index (χ4v) is 4.31. The Hall–Kier alpha value is -3.51. The van der Waals surface area contributed by atoms with Crippen LogP contribution in [0.1, 0.15) is 22.4 Å². The van der Waals surface area contributed by atoms with Crippen molar-refractivity contribution in [1.82, 2.24) is 9.38 Å². The van der Waals surface area contributed by atoms with Crippen LogP contribution in [0.2, 0.25) is 0 Å². The van der Waals surface area contributed by atoms with Crippen LogP contribution >= 0.6 is 11.3 Å².